The van der Waals surface area contributed by atoms with E-state index in [0.717, 1.165) is 18.7 Å². The van der Waals surface area contributed by atoms with Crippen molar-refractivity contribution >= 4 is 5.97 Å². The van der Waals surface area contributed by atoms with E-state index in [2.05, 4.69) is 17.2 Å². The third-order valence-corrected chi connectivity index (χ3v) is 3.17. The second-order valence-corrected chi connectivity index (χ2v) is 4.70. The van der Waals surface area contributed by atoms with Crippen LogP contribution in [0.15, 0.2) is 12.4 Å². The maximum atomic E-state index is 11.3. The highest BCUT2D eigenvalue weighted by molar-refractivity contribution is 5.78. The van der Waals surface area contributed by atoms with Crippen LogP contribution in [0.5, 0.6) is 0 Å². The molecular formula is C13H23N3O2. The number of hydrogen-bond acceptors (Lipinski definition) is 3. The maximum Gasteiger partial charge on any atom is 0.323 e. The van der Waals surface area contributed by atoms with Crippen molar-refractivity contribution in [2.24, 2.45) is 0 Å². The number of rotatable bonds is 8. The first-order valence-corrected chi connectivity index (χ1v) is 6.52. The van der Waals surface area contributed by atoms with Gasteiger partial charge in [0.1, 0.15) is 11.4 Å². The van der Waals surface area contributed by atoms with Crippen molar-refractivity contribution in [3.05, 3.63) is 18.2 Å². The van der Waals surface area contributed by atoms with Gasteiger partial charge in [0.2, 0.25) is 0 Å². The molecular weight excluding hydrogens is 230 g/mol. The standard InChI is InChI=1S/C13H23N3O2/c1-4-6-11-14-8-10-16(11)9-7-13(3,12(17)18)15-5-2/h8,10,15H,4-7,9H2,1-3H3,(H,17,18). The Balaban J connectivity index is 2.67. The molecule has 0 aliphatic carbocycles. The summed E-state index contributed by atoms with van der Waals surface area (Å²) in [5.41, 5.74) is -0.873. The number of aliphatic carboxylic acids is 1. The fraction of sp³-hybridized carbons (Fsp3) is 0.692. The Morgan fingerprint density at radius 2 is 2.28 bits per heavy atom. The molecule has 0 radical (unpaired) electrons. The van der Waals surface area contributed by atoms with E-state index in [4.69, 9.17) is 0 Å². The summed E-state index contributed by atoms with van der Waals surface area (Å²) < 4.78 is 2.04. The zero-order chi connectivity index (χ0) is 13.6. The molecule has 2 N–H and O–H groups in total. The van der Waals surface area contributed by atoms with E-state index in [1.165, 1.54) is 0 Å². The summed E-state index contributed by atoms with van der Waals surface area (Å²) in [6.45, 7) is 7.08. The molecule has 1 rings (SSSR count). The third-order valence-electron chi connectivity index (χ3n) is 3.17. The lowest BCUT2D eigenvalue weighted by Gasteiger charge is -2.26. The summed E-state index contributed by atoms with van der Waals surface area (Å²) in [5.74, 6) is 0.225. The van der Waals surface area contributed by atoms with Crippen LogP contribution in [0.3, 0.4) is 0 Å². The minimum Gasteiger partial charge on any atom is -0.480 e. The zero-order valence-corrected chi connectivity index (χ0v) is 11.4. The van der Waals surface area contributed by atoms with E-state index in [0.29, 0.717) is 19.5 Å². The molecule has 1 aromatic rings. The van der Waals surface area contributed by atoms with E-state index >= 15 is 0 Å². The number of likely N-dealkylation sites (N-methyl/N-ethyl adjacent to an activating group) is 1. The average molecular weight is 253 g/mol. The Morgan fingerprint density at radius 3 is 2.83 bits per heavy atom. The molecule has 0 bridgehead atoms. The van der Waals surface area contributed by atoms with Crippen molar-refractivity contribution in [3.63, 3.8) is 0 Å². The van der Waals surface area contributed by atoms with Crippen LogP contribution in [-0.2, 0) is 17.8 Å². The number of nitrogens with zero attached hydrogens (tertiary/aromatic N) is 2. The molecule has 0 spiro atoms. The minimum absolute atomic E-state index is 0.545. The van der Waals surface area contributed by atoms with Crippen LogP contribution in [0, 0.1) is 0 Å². The van der Waals surface area contributed by atoms with Crippen molar-refractivity contribution in [2.45, 2.75) is 52.1 Å². The monoisotopic (exact) mass is 253 g/mol. The average Bonchev–Trinajstić information content (AvgIpc) is 2.75. The zero-order valence-electron chi connectivity index (χ0n) is 11.4. The Kier molecular flexibility index (Phi) is 5.34. The molecule has 1 heterocycles. The van der Waals surface area contributed by atoms with Gasteiger partial charge in [0.05, 0.1) is 0 Å². The van der Waals surface area contributed by atoms with E-state index in [1.807, 2.05) is 17.7 Å². The van der Waals surface area contributed by atoms with Crippen LogP contribution in [0.4, 0.5) is 0 Å². The minimum atomic E-state index is -0.873. The highest BCUT2D eigenvalue weighted by atomic mass is 16.4. The number of hydrogen-bond donors (Lipinski definition) is 2. The second kappa shape index (κ2) is 6.54. The van der Waals surface area contributed by atoms with Gasteiger partial charge in [-0.2, -0.15) is 0 Å². The second-order valence-electron chi connectivity index (χ2n) is 4.70. The highest BCUT2D eigenvalue weighted by Crippen LogP contribution is 2.13. The molecule has 1 aromatic heterocycles. The number of aromatic nitrogens is 2. The molecule has 0 aliphatic rings. The molecule has 5 heteroatoms. The number of carboxylic acid groups (broad SMARTS) is 1. The van der Waals surface area contributed by atoms with Gasteiger partial charge in [-0.25, -0.2) is 4.98 Å². The molecule has 1 unspecified atom stereocenters. The van der Waals surface area contributed by atoms with Gasteiger partial charge in [-0.05, 0) is 26.3 Å². The summed E-state index contributed by atoms with van der Waals surface area (Å²) in [5, 5.41) is 12.3. The first-order valence-electron chi connectivity index (χ1n) is 6.52. The number of carbonyl (C=O) groups is 1. The van der Waals surface area contributed by atoms with Gasteiger partial charge < -0.3 is 15.0 Å². The Labute approximate surface area is 108 Å². The van der Waals surface area contributed by atoms with Crippen molar-refractivity contribution in [1.82, 2.24) is 14.9 Å². The molecule has 1 atom stereocenters. The number of aryl methyl sites for hydroxylation is 2. The van der Waals surface area contributed by atoms with Gasteiger partial charge >= 0.3 is 5.97 Å². The fourth-order valence-corrected chi connectivity index (χ4v) is 2.00. The molecule has 0 amide bonds. The van der Waals surface area contributed by atoms with Gasteiger partial charge in [0.25, 0.3) is 0 Å². The van der Waals surface area contributed by atoms with Gasteiger partial charge in [-0.3, -0.25) is 4.79 Å². The van der Waals surface area contributed by atoms with Crippen molar-refractivity contribution in [2.75, 3.05) is 6.54 Å². The highest BCUT2D eigenvalue weighted by Gasteiger charge is 2.31. The number of nitrogens with one attached hydrogen (secondary N) is 1. The van der Waals surface area contributed by atoms with E-state index in [9.17, 15) is 9.90 Å². The number of carboxylic acids is 1. The van der Waals surface area contributed by atoms with Crippen LogP contribution >= 0.6 is 0 Å². The van der Waals surface area contributed by atoms with Crippen molar-refractivity contribution < 1.29 is 9.90 Å². The maximum absolute atomic E-state index is 11.3. The van der Waals surface area contributed by atoms with E-state index in [1.54, 1.807) is 13.1 Å². The molecule has 18 heavy (non-hydrogen) atoms. The quantitative estimate of drug-likeness (QED) is 0.739. The molecule has 5 nitrogen and oxygen atoms in total. The van der Waals surface area contributed by atoms with Gasteiger partial charge in [-0.15, -0.1) is 0 Å². The smallest absolute Gasteiger partial charge is 0.323 e. The lowest BCUT2D eigenvalue weighted by atomic mass is 9.98. The Hall–Kier alpha value is -1.36. The lowest BCUT2D eigenvalue weighted by Crippen LogP contribution is -2.50. The van der Waals surface area contributed by atoms with Gasteiger partial charge in [0.15, 0.2) is 0 Å². The fourth-order valence-electron chi connectivity index (χ4n) is 2.00. The van der Waals surface area contributed by atoms with Gasteiger partial charge in [0, 0.05) is 25.4 Å². The summed E-state index contributed by atoms with van der Waals surface area (Å²) in [4.78, 5) is 15.6. The first-order chi connectivity index (χ1) is 8.53. The normalized spacial score (nSPS) is 14.4. The van der Waals surface area contributed by atoms with Crippen molar-refractivity contribution in [3.8, 4) is 0 Å². The van der Waals surface area contributed by atoms with Crippen LogP contribution in [0.1, 0.15) is 39.4 Å². The largest absolute Gasteiger partial charge is 0.480 e. The summed E-state index contributed by atoms with van der Waals surface area (Å²) in [7, 11) is 0. The first kappa shape index (κ1) is 14.7. The van der Waals surface area contributed by atoms with Crippen molar-refractivity contribution in [1.29, 1.82) is 0 Å². The summed E-state index contributed by atoms with van der Waals surface area (Å²) >= 11 is 0. The van der Waals surface area contributed by atoms with Crippen LogP contribution in [-0.4, -0.2) is 32.7 Å². The molecule has 0 aliphatic heterocycles. The molecule has 0 fully saturated rings. The Morgan fingerprint density at radius 1 is 1.56 bits per heavy atom. The molecule has 0 aromatic carbocycles. The summed E-state index contributed by atoms with van der Waals surface area (Å²) in [6.07, 6.45) is 6.21. The topological polar surface area (TPSA) is 67.2 Å². The molecule has 102 valence electrons. The van der Waals surface area contributed by atoms with E-state index < -0.39 is 11.5 Å². The van der Waals surface area contributed by atoms with E-state index in [-0.39, 0.29) is 0 Å². The number of imidazole rings is 1. The molecule has 0 saturated carbocycles. The summed E-state index contributed by atoms with van der Waals surface area (Å²) in [6, 6.07) is 0. The van der Waals surface area contributed by atoms with Crippen LogP contribution in [0.2, 0.25) is 0 Å². The van der Waals surface area contributed by atoms with Gasteiger partial charge in [-0.1, -0.05) is 13.8 Å². The van der Waals surface area contributed by atoms with Crippen LogP contribution in [0.25, 0.3) is 0 Å². The lowest BCUT2D eigenvalue weighted by molar-refractivity contribution is -0.144. The Bertz CT molecular complexity index is 389. The third kappa shape index (κ3) is 3.57. The van der Waals surface area contributed by atoms with Crippen LogP contribution < -0.4 is 5.32 Å². The predicted molar refractivity (Wildman–Crippen MR) is 70.6 cm³/mol. The molecule has 0 saturated heterocycles. The SMILES string of the molecule is CCCc1nccn1CCC(C)(NCC)C(=O)O. The predicted octanol–water partition coefficient (Wildman–Crippen LogP) is 1.68.